The van der Waals surface area contributed by atoms with Crippen LogP contribution in [0.15, 0.2) is 64.7 Å². The van der Waals surface area contributed by atoms with E-state index in [0.717, 1.165) is 4.90 Å². The fourth-order valence-corrected chi connectivity index (χ4v) is 8.95. The van der Waals surface area contributed by atoms with Gasteiger partial charge in [-0.15, -0.1) is 23.2 Å². The van der Waals surface area contributed by atoms with Gasteiger partial charge in [-0.3, -0.25) is 24.1 Å². The first kappa shape index (κ1) is 34.6. The molecule has 1 N–H and O–H groups in total. The highest BCUT2D eigenvalue weighted by atomic mass is 79.9. The number of fused-ring (bicyclic) bond motifs is 4. The van der Waals surface area contributed by atoms with E-state index in [2.05, 4.69) is 15.9 Å². The van der Waals surface area contributed by atoms with Crippen molar-refractivity contribution in [3.05, 3.63) is 99.3 Å². The van der Waals surface area contributed by atoms with Crippen LogP contribution in [-0.2, 0) is 19.2 Å². The maximum Gasteiger partial charge on any atom is 0.258 e. The molecule has 3 fully saturated rings. The minimum absolute atomic E-state index is 0.0178. The third kappa shape index (κ3) is 4.57. The van der Waals surface area contributed by atoms with Gasteiger partial charge in [-0.25, -0.2) is 26.9 Å². The van der Waals surface area contributed by atoms with E-state index in [1.807, 2.05) is 0 Å². The zero-order valence-corrected chi connectivity index (χ0v) is 28.3. The Labute approximate surface area is 298 Å². The van der Waals surface area contributed by atoms with Crippen LogP contribution < -0.4 is 14.5 Å². The lowest BCUT2D eigenvalue weighted by atomic mass is 9.56. The maximum absolute atomic E-state index is 15.2. The second-order valence-electron chi connectivity index (χ2n) is 12.3. The van der Waals surface area contributed by atoms with Crippen molar-refractivity contribution in [2.45, 2.75) is 28.5 Å². The largest absolute Gasteiger partial charge is 0.491 e. The molecule has 0 spiro atoms. The van der Waals surface area contributed by atoms with E-state index in [1.165, 1.54) is 18.2 Å². The first-order valence-electron chi connectivity index (χ1n) is 15.1. The Balaban J connectivity index is 1.44. The van der Waals surface area contributed by atoms with Crippen molar-refractivity contribution >= 4 is 74.1 Å². The van der Waals surface area contributed by atoms with Gasteiger partial charge in [0, 0.05) is 16.0 Å². The first-order chi connectivity index (χ1) is 23.7. The van der Waals surface area contributed by atoms with Gasteiger partial charge in [0.25, 0.3) is 11.8 Å². The highest BCUT2D eigenvalue weighted by Crippen LogP contribution is 2.66. The van der Waals surface area contributed by atoms with Gasteiger partial charge in [-0.1, -0.05) is 45.8 Å². The third-order valence-corrected chi connectivity index (χ3v) is 11.8. The molecule has 16 heteroatoms. The predicted molar refractivity (Wildman–Crippen MR) is 172 cm³/mol. The molecule has 2 aliphatic carbocycles. The van der Waals surface area contributed by atoms with E-state index in [1.54, 1.807) is 36.4 Å². The number of allylic oxidation sites excluding steroid dienone is 2. The van der Waals surface area contributed by atoms with Crippen molar-refractivity contribution in [3.63, 3.8) is 0 Å². The van der Waals surface area contributed by atoms with Gasteiger partial charge < -0.3 is 9.84 Å². The fourth-order valence-electron chi connectivity index (χ4n) is 7.76. The maximum atomic E-state index is 15.2. The van der Waals surface area contributed by atoms with Crippen LogP contribution in [0.4, 0.5) is 33.3 Å². The Hall–Kier alpha value is -3.85. The van der Waals surface area contributed by atoms with Crippen LogP contribution >= 0.6 is 39.1 Å². The molecule has 4 amide bonds. The lowest BCUT2D eigenvalue weighted by Crippen LogP contribution is -2.60. The van der Waals surface area contributed by atoms with Crippen LogP contribution in [0, 0.1) is 46.8 Å². The zero-order valence-electron chi connectivity index (χ0n) is 25.2. The second-order valence-corrected chi connectivity index (χ2v) is 14.4. The van der Waals surface area contributed by atoms with Crippen molar-refractivity contribution in [2.75, 3.05) is 23.0 Å². The van der Waals surface area contributed by atoms with Gasteiger partial charge in [0.1, 0.15) is 18.0 Å². The van der Waals surface area contributed by atoms with Gasteiger partial charge in [-0.05, 0) is 49.1 Å². The molecule has 3 aromatic rings. The summed E-state index contributed by atoms with van der Waals surface area (Å²) in [6.07, 6.45) is 0.940. The van der Waals surface area contributed by atoms with Crippen LogP contribution in [-0.4, -0.2) is 51.7 Å². The summed E-state index contributed by atoms with van der Waals surface area (Å²) in [7, 11) is 0. The number of benzene rings is 3. The smallest absolute Gasteiger partial charge is 0.258 e. The summed E-state index contributed by atoms with van der Waals surface area (Å²) >= 11 is 17.7. The molecule has 0 bridgehead atoms. The molecule has 2 saturated heterocycles. The van der Waals surface area contributed by atoms with Crippen LogP contribution in [0.5, 0.6) is 5.75 Å². The topological polar surface area (TPSA) is 104 Å². The lowest BCUT2D eigenvalue weighted by molar-refractivity contribution is -0.125. The summed E-state index contributed by atoms with van der Waals surface area (Å²) in [5, 5.41) is 9.48. The van der Waals surface area contributed by atoms with E-state index in [-0.39, 0.29) is 40.5 Å². The Morgan fingerprint density at radius 2 is 1.44 bits per heavy atom. The molecule has 0 radical (unpaired) electrons. The van der Waals surface area contributed by atoms with Crippen molar-refractivity contribution in [1.82, 2.24) is 0 Å². The quantitative estimate of drug-likeness (QED) is 0.0787. The summed E-state index contributed by atoms with van der Waals surface area (Å²) in [6.45, 7) is -0.676. The van der Waals surface area contributed by atoms with Gasteiger partial charge >= 0.3 is 0 Å². The average molecular weight is 800 g/mol. The molecule has 6 unspecified atom stereocenters. The molecule has 1 saturated carbocycles. The highest BCUT2D eigenvalue weighted by molar-refractivity contribution is 9.10. The van der Waals surface area contributed by atoms with Crippen LogP contribution in [0.3, 0.4) is 0 Å². The number of nitrogens with zero attached hydrogens (tertiary/aromatic N) is 2. The van der Waals surface area contributed by atoms with E-state index in [4.69, 9.17) is 27.9 Å². The molecule has 2 heterocycles. The number of rotatable bonds is 6. The van der Waals surface area contributed by atoms with Crippen LogP contribution in [0.1, 0.15) is 24.3 Å². The van der Waals surface area contributed by atoms with E-state index in [9.17, 15) is 37.5 Å². The van der Waals surface area contributed by atoms with E-state index >= 15 is 8.78 Å². The molecule has 2 aliphatic heterocycles. The van der Waals surface area contributed by atoms with Crippen molar-refractivity contribution in [1.29, 1.82) is 0 Å². The molecule has 260 valence electrons. The van der Waals surface area contributed by atoms with Gasteiger partial charge in [0.2, 0.25) is 17.6 Å². The number of amides is 4. The number of aliphatic hydroxyl groups excluding tert-OH is 1. The number of imide groups is 2. The first-order valence-corrected chi connectivity index (χ1v) is 16.7. The Bertz CT molecular complexity index is 2020. The SMILES string of the molecule is O=C1C2CC=C3C(CC4(Cl)C(=O)N(c5c(F)c(F)c(F)c(F)c5F)C(=O)C4(Cl)C3c3ccccc3OCCO)C2C(=O)N1c1ccc(Br)cc1. The number of ether oxygens (including phenoxy) is 1. The van der Waals surface area contributed by atoms with Crippen molar-refractivity contribution in [3.8, 4) is 5.75 Å². The van der Waals surface area contributed by atoms with E-state index < -0.39 is 105 Å². The molecule has 3 aromatic carbocycles. The van der Waals surface area contributed by atoms with Gasteiger partial charge in [0.15, 0.2) is 33.0 Å². The summed E-state index contributed by atoms with van der Waals surface area (Å²) in [5.41, 5.74) is -1.21. The monoisotopic (exact) mass is 798 g/mol. The lowest BCUT2D eigenvalue weighted by Gasteiger charge is -2.50. The highest BCUT2D eigenvalue weighted by Gasteiger charge is 2.77. The number of para-hydroxylation sites is 1. The summed E-state index contributed by atoms with van der Waals surface area (Å²) in [6, 6.07) is 12.4. The number of carbonyl (C=O) groups is 4. The zero-order chi connectivity index (χ0) is 36.0. The number of anilines is 2. The predicted octanol–water partition coefficient (Wildman–Crippen LogP) is 6.28. The third-order valence-electron chi connectivity index (χ3n) is 9.89. The number of hydrogen-bond acceptors (Lipinski definition) is 6. The standard InChI is InChI=1S/C34H22BrCl2F5N2O6/c35-14-5-7-15(8-6-14)43-29(46)18-10-9-16-19(21(18)30(43)47)13-33(36)31(48)44(28-26(41)24(39)23(38)25(40)27(28)42)32(49)34(33,37)22(16)17-3-1-2-4-20(17)50-12-11-45/h1-9,18-19,21-22,45H,10-13H2. The van der Waals surface area contributed by atoms with Gasteiger partial charge in [-0.2, -0.15) is 0 Å². The Morgan fingerprint density at radius 3 is 2.08 bits per heavy atom. The number of halogens is 8. The number of carbonyl (C=O) groups excluding carboxylic acids is 4. The molecular formula is C34H22BrCl2F5N2O6. The molecule has 4 aliphatic rings. The minimum atomic E-state index is -2.70. The van der Waals surface area contributed by atoms with Crippen molar-refractivity contribution < 1.29 is 51.0 Å². The van der Waals surface area contributed by atoms with Crippen LogP contribution in [0.25, 0.3) is 0 Å². The van der Waals surface area contributed by atoms with E-state index in [0.29, 0.717) is 4.47 Å². The molecule has 6 atom stereocenters. The average Bonchev–Trinajstić information content (AvgIpc) is 3.44. The fraction of sp³-hybridized carbons (Fsp3) is 0.294. The Kier molecular flexibility index (Phi) is 8.40. The minimum Gasteiger partial charge on any atom is -0.491 e. The number of alkyl halides is 2. The summed E-state index contributed by atoms with van der Waals surface area (Å²) in [4.78, 5) is 52.2. The number of aliphatic hydroxyl groups is 1. The molecule has 0 aromatic heterocycles. The molecule has 7 rings (SSSR count). The molecule has 8 nitrogen and oxygen atoms in total. The normalized spacial score (nSPS) is 28.9. The summed E-state index contributed by atoms with van der Waals surface area (Å²) in [5.74, 6) is -21.3. The van der Waals surface area contributed by atoms with Crippen LogP contribution in [0.2, 0.25) is 0 Å². The summed E-state index contributed by atoms with van der Waals surface area (Å²) < 4.78 is 79.9. The number of hydrogen-bond donors (Lipinski definition) is 1. The molecule has 50 heavy (non-hydrogen) atoms. The molecular weight excluding hydrogens is 778 g/mol. The van der Waals surface area contributed by atoms with Crippen molar-refractivity contribution in [2.24, 2.45) is 17.8 Å². The Morgan fingerprint density at radius 1 is 0.820 bits per heavy atom. The second kappa shape index (κ2) is 12.1. The van der Waals surface area contributed by atoms with Gasteiger partial charge in [0.05, 0.1) is 24.1 Å².